The molecule has 0 unspecified atom stereocenters. The second-order valence-electron chi connectivity index (χ2n) is 6.31. The maximum absolute atomic E-state index is 11.5. The highest BCUT2D eigenvalue weighted by atomic mass is 16.1. The van der Waals surface area contributed by atoms with Crippen LogP contribution in [0.5, 0.6) is 0 Å². The molecule has 0 atom stereocenters. The van der Waals surface area contributed by atoms with Crippen molar-refractivity contribution in [1.82, 2.24) is 9.97 Å². The van der Waals surface area contributed by atoms with E-state index in [9.17, 15) is 4.79 Å². The average Bonchev–Trinajstić information content (AvgIpc) is 3.21. The molecule has 2 rings (SSSR count). The van der Waals surface area contributed by atoms with Gasteiger partial charge in [0, 0.05) is 18.5 Å². The highest BCUT2D eigenvalue weighted by Crippen LogP contribution is 2.37. The van der Waals surface area contributed by atoms with Gasteiger partial charge in [0.2, 0.25) is 0 Å². The van der Waals surface area contributed by atoms with Gasteiger partial charge >= 0.3 is 0 Å². The number of hydrogen-bond acceptors (Lipinski definition) is 3. The molecule has 20 heavy (non-hydrogen) atoms. The number of unbranched alkanes of at least 4 members (excludes halogenated alkanes) is 3. The molecule has 1 aliphatic rings. The summed E-state index contributed by atoms with van der Waals surface area (Å²) >= 11 is 0. The van der Waals surface area contributed by atoms with E-state index >= 15 is 0 Å². The molecule has 1 aromatic heterocycles. The van der Waals surface area contributed by atoms with E-state index in [0.717, 1.165) is 43.4 Å². The Morgan fingerprint density at radius 1 is 1.30 bits per heavy atom. The van der Waals surface area contributed by atoms with Gasteiger partial charge in [0.1, 0.15) is 11.6 Å². The number of aromatic nitrogens is 2. The van der Waals surface area contributed by atoms with E-state index in [1.165, 1.54) is 25.7 Å². The summed E-state index contributed by atoms with van der Waals surface area (Å²) in [7, 11) is 0. The third-order valence-corrected chi connectivity index (χ3v) is 3.74. The van der Waals surface area contributed by atoms with Gasteiger partial charge in [-0.25, -0.2) is 4.98 Å². The van der Waals surface area contributed by atoms with E-state index in [4.69, 9.17) is 0 Å². The maximum atomic E-state index is 11.5. The standard InChI is InChI=1S/C16H27N3O/c1-12(2)7-5-3-4-6-10-17-14-11-15(20)19-16(18-14)13-8-9-13/h11-13H,3-10H2,1-2H3,(H2,17,18,19,20). The van der Waals surface area contributed by atoms with Gasteiger partial charge in [0.25, 0.3) is 5.56 Å². The third-order valence-electron chi connectivity index (χ3n) is 3.74. The Hall–Kier alpha value is -1.32. The smallest absolute Gasteiger partial charge is 0.252 e. The van der Waals surface area contributed by atoms with Crippen LogP contribution in [0.15, 0.2) is 10.9 Å². The van der Waals surface area contributed by atoms with Crippen molar-refractivity contribution in [2.45, 2.75) is 64.7 Å². The molecule has 4 heteroatoms. The first-order valence-corrected chi connectivity index (χ1v) is 8.00. The van der Waals surface area contributed by atoms with Crippen LogP contribution < -0.4 is 10.9 Å². The minimum atomic E-state index is -0.0404. The van der Waals surface area contributed by atoms with Crippen molar-refractivity contribution in [2.24, 2.45) is 5.92 Å². The molecule has 0 aromatic carbocycles. The van der Waals surface area contributed by atoms with E-state index in [0.29, 0.717) is 5.92 Å². The lowest BCUT2D eigenvalue weighted by Crippen LogP contribution is -2.13. The summed E-state index contributed by atoms with van der Waals surface area (Å²) in [5.41, 5.74) is -0.0404. The predicted octanol–water partition coefficient (Wildman–Crippen LogP) is 3.67. The van der Waals surface area contributed by atoms with Crippen LogP contribution in [0.4, 0.5) is 5.82 Å². The summed E-state index contributed by atoms with van der Waals surface area (Å²) < 4.78 is 0. The molecule has 1 aromatic rings. The van der Waals surface area contributed by atoms with E-state index < -0.39 is 0 Å². The van der Waals surface area contributed by atoms with Gasteiger partial charge < -0.3 is 10.3 Å². The van der Waals surface area contributed by atoms with Crippen molar-refractivity contribution in [3.8, 4) is 0 Å². The Labute approximate surface area is 121 Å². The molecule has 2 N–H and O–H groups in total. The van der Waals surface area contributed by atoms with Crippen molar-refractivity contribution >= 4 is 5.82 Å². The summed E-state index contributed by atoms with van der Waals surface area (Å²) in [6.45, 7) is 5.46. The molecule has 0 radical (unpaired) electrons. The first-order chi connectivity index (χ1) is 9.65. The Morgan fingerprint density at radius 2 is 2.05 bits per heavy atom. The monoisotopic (exact) mass is 277 g/mol. The summed E-state index contributed by atoms with van der Waals surface area (Å²) in [6, 6.07) is 1.56. The molecule has 0 amide bonds. The zero-order chi connectivity index (χ0) is 14.4. The van der Waals surface area contributed by atoms with Crippen LogP contribution in [0.1, 0.15) is 70.5 Å². The van der Waals surface area contributed by atoms with Crippen LogP contribution in [0, 0.1) is 5.92 Å². The van der Waals surface area contributed by atoms with Gasteiger partial charge in [-0.2, -0.15) is 0 Å². The minimum absolute atomic E-state index is 0.0404. The molecular formula is C16H27N3O. The first kappa shape index (κ1) is 15.1. The quantitative estimate of drug-likeness (QED) is 0.677. The first-order valence-electron chi connectivity index (χ1n) is 8.00. The summed E-state index contributed by atoms with van der Waals surface area (Å²) in [5, 5.41) is 3.28. The lowest BCUT2D eigenvalue weighted by atomic mass is 10.0. The van der Waals surface area contributed by atoms with Crippen LogP contribution in [0.25, 0.3) is 0 Å². The highest BCUT2D eigenvalue weighted by Gasteiger charge is 2.26. The zero-order valence-electron chi connectivity index (χ0n) is 12.7. The summed E-state index contributed by atoms with van der Waals surface area (Å²) in [6.07, 6.45) is 8.66. The Bertz CT molecular complexity index is 463. The lowest BCUT2D eigenvalue weighted by Gasteiger charge is -2.07. The maximum Gasteiger partial charge on any atom is 0.252 e. The highest BCUT2D eigenvalue weighted by molar-refractivity contribution is 5.33. The van der Waals surface area contributed by atoms with Gasteiger partial charge in [-0.1, -0.05) is 39.5 Å². The van der Waals surface area contributed by atoms with E-state index in [1.807, 2.05) is 0 Å². The average molecular weight is 277 g/mol. The molecule has 4 nitrogen and oxygen atoms in total. The molecule has 1 saturated carbocycles. The minimum Gasteiger partial charge on any atom is -0.370 e. The lowest BCUT2D eigenvalue weighted by molar-refractivity contribution is 0.523. The second kappa shape index (κ2) is 7.46. The van der Waals surface area contributed by atoms with Crippen LogP contribution in [-0.2, 0) is 0 Å². The second-order valence-corrected chi connectivity index (χ2v) is 6.31. The molecule has 112 valence electrons. The van der Waals surface area contributed by atoms with E-state index in [2.05, 4.69) is 29.1 Å². The molecular weight excluding hydrogens is 250 g/mol. The number of rotatable bonds is 9. The fourth-order valence-electron chi connectivity index (χ4n) is 2.36. The Morgan fingerprint density at radius 3 is 2.75 bits per heavy atom. The number of nitrogens with zero attached hydrogens (tertiary/aromatic N) is 1. The van der Waals surface area contributed by atoms with Crippen molar-refractivity contribution in [1.29, 1.82) is 0 Å². The molecule has 1 aliphatic carbocycles. The van der Waals surface area contributed by atoms with Crippen molar-refractivity contribution in [2.75, 3.05) is 11.9 Å². The van der Waals surface area contributed by atoms with Gasteiger partial charge in [-0.3, -0.25) is 4.79 Å². The van der Waals surface area contributed by atoms with Crippen LogP contribution in [0.3, 0.4) is 0 Å². The third kappa shape index (κ3) is 5.35. The van der Waals surface area contributed by atoms with E-state index in [-0.39, 0.29) is 5.56 Å². The number of anilines is 1. The Kier molecular flexibility index (Phi) is 5.62. The topological polar surface area (TPSA) is 57.8 Å². The van der Waals surface area contributed by atoms with E-state index in [1.54, 1.807) is 6.07 Å². The SMILES string of the molecule is CC(C)CCCCCCNc1cc(=O)[nH]c(C2CC2)n1. The number of aromatic amines is 1. The molecule has 0 aliphatic heterocycles. The zero-order valence-corrected chi connectivity index (χ0v) is 12.7. The molecule has 0 saturated heterocycles. The predicted molar refractivity (Wildman–Crippen MR) is 83.2 cm³/mol. The molecule has 0 bridgehead atoms. The Balaban J connectivity index is 1.65. The van der Waals surface area contributed by atoms with Crippen molar-refractivity contribution < 1.29 is 0 Å². The number of nitrogens with one attached hydrogen (secondary N) is 2. The van der Waals surface area contributed by atoms with Crippen molar-refractivity contribution in [3.05, 3.63) is 22.2 Å². The van der Waals surface area contributed by atoms with Gasteiger partial charge in [0.15, 0.2) is 0 Å². The van der Waals surface area contributed by atoms with Gasteiger partial charge in [-0.05, 0) is 25.2 Å². The molecule has 1 heterocycles. The van der Waals surface area contributed by atoms with Crippen LogP contribution in [0.2, 0.25) is 0 Å². The van der Waals surface area contributed by atoms with Crippen LogP contribution >= 0.6 is 0 Å². The fourth-order valence-corrected chi connectivity index (χ4v) is 2.36. The number of H-pyrrole nitrogens is 1. The fraction of sp³-hybridized carbons (Fsp3) is 0.750. The van der Waals surface area contributed by atoms with Gasteiger partial charge in [0.05, 0.1) is 0 Å². The summed E-state index contributed by atoms with van der Waals surface area (Å²) in [5.74, 6) is 2.89. The summed E-state index contributed by atoms with van der Waals surface area (Å²) in [4.78, 5) is 18.9. The van der Waals surface area contributed by atoms with Crippen LogP contribution in [-0.4, -0.2) is 16.5 Å². The number of hydrogen-bond donors (Lipinski definition) is 2. The molecule has 0 spiro atoms. The largest absolute Gasteiger partial charge is 0.370 e. The van der Waals surface area contributed by atoms with Gasteiger partial charge in [-0.15, -0.1) is 0 Å². The molecule has 1 fully saturated rings. The van der Waals surface area contributed by atoms with Crippen molar-refractivity contribution in [3.63, 3.8) is 0 Å². The normalized spacial score (nSPS) is 14.8.